The molecular weight excluding hydrogens is 1210 g/mol. The van der Waals surface area contributed by atoms with Crippen LogP contribution in [0.15, 0.2) is 249 Å². The van der Waals surface area contributed by atoms with E-state index in [1.54, 1.807) is 27.4 Å². The van der Waals surface area contributed by atoms with Crippen molar-refractivity contribution >= 4 is 56.4 Å². The molecule has 0 radical (unpaired) electrons. The summed E-state index contributed by atoms with van der Waals surface area (Å²) < 4.78 is 6.11. The first-order valence-corrected chi connectivity index (χ1v) is 41.2. The molecule has 13 aromatic carbocycles. The van der Waals surface area contributed by atoms with Crippen LogP contribution in [0.2, 0.25) is 19.6 Å². The van der Waals surface area contributed by atoms with Crippen LogP contribution in [0.25, 0.3) is 121 Å². The molecule has 8 bridgehead atoms. The van der Waals surface area contributed by atoms with Crippen LogP contribution in [0.1, 0.15) is 112 Å². The van der Waals surface area contributed by atoms with Crippen LogP contribution in [0, 0.1) is 47.3 Å². The van der Waals surface area contributed by atoms with Gasteiger partial charge >= 0.3 is 0 Å². The van der Waals surface area contributed by atoms with Gasteiger partial charge in [0.25, 0.3) is 0 Å². The Morgan fingerprint density at radius 1 is 0.303 bits per heavy atom. The Morgan fingerprint density at radius 3 is 1.06 bits per heavy atom. The fourth-order valence-corrected chi connectivity index (χ4v) is 24.7. The average molecular weight is 1300 g/mol. The Kier molecular flexibility index (Phi) is 13.6. The van der Waals surface area contributed by atoms with E-state index in [9.17, 15) is 0 Å². The number of ether oxygens (including phenoxy) is 1. The van der Waals surface area contributed by atoms with E-state index in [2.05, 4.69) is 282 Å². The summed E-state index contributed by atoms with van der Waals surface area (Å²) in [6.07, 6.45) is 14.1. The zero-order chi connectivity index (χ0) is 66.2. The van der Waals surface area contributed by atoms with Gasteiger partial charge in [-0.2, -0.15) is 0 Å². The molecule has 0 amide bonds. The molecule has 99 heavy (non-hydrogen) atoms. The molecule has 0 aromatic heterocycles. The van der Waals surface area contributed by atoms with Gasteiger partial charge in [-0.05, 0) is 284 Å². The van der Waals surface area contributed by atoms with E-state index in [0.717, 1.165) is 41.3 Å². The van der Waals surface area contributed by atoms with Gasteiger partial charge in [-0.15, -0.1) is 0 Å². The lowest BCUT2D eigenvalue weighted by molar-refractivity contribution is -0.0399. The lowest BCUT2D eigenvalue weighted by Crippen LogP contribution is -2.55. The minimum absolute atomic E-state index is 0.0736. The molecule has 8 saturated carbocycles. The molecule has 0 heterocycles. The second-order valence-corrected chi connectivity index (χ2v) is 38.2. The molecule has 0 atom stereocenters. The maximum Gasteiger partial charge on any atom is 0.122 e. The van der Waals surface area contributed by atoms with Crippen LogP contribution in [-0.2, 0) is 10.8 Å². The third-order valence-electron chi connectivity index (χ3n) is 26.9. The number of benzene rings is 13. The smallest absolute Gasteiger partial charge is 0.122 e. The first-order chi connectivity index (χ1) is 48.4. The normalized spacial score (nSPS) is 24.6. The van der Waals surface area contributed by atoms with Gasteiger partial charge in [0.1, 0.15) is 5.75 Å². The second kappa shape index (κ2) is 22.5. The monoisotopic (exact) mass is 1300 g/mol. The number of hydrogen-bond acceptors (Lipinski definition) is 1. The van der Waals surface area contributed by atoms with Gasteiger partial charge in [-0.3, -0.25) is 0 Å². The van der Waals surface area contributed by atoms with Crippen molar-refractivity contribution in [3.05, 3.63) is 277 Å². The minimum Gasteiger partial charge on any atom is -0.496 e. The van der Waals surface area contributed by atoms with Crippen LogP contribution in [0.4, 0.5) is 0 Å². The van der Waals surface area contributed by atoms with E-state index in [1.165, 1.54) is 191 Å². The first-order valence-electron chi connectivity index (χ1n) is 37.7. The summed E-state index contributed by atoms with van der Waals surface area (Å²) in [5.74, 6) is 8.09. The van der Waals surface area contributed by atoms with Crippen LogP contribution < -0.4 is 9.92 Å². The second-order valence-electron chi connectivity index (χ2n) is 33.1. The molecular formula is C97H88OSi. The van der Waals surface area contributed by atoms with Crippen molar-refractivity contribution in [1.29, 1.82) is 0 Å². The predicted molar refractivity (Wildman–Crippen MR) is 420 cm³/mol. The first kappa shape index (κ1) is 59.9. The molecule has 2 spiro atoms. The van der Waals surface area contributed by atoms with Crippen LogP contribution in [-0.4, -0.2) is 15.2 Å². The lowest BCUT2D eigenvalue weighted by Gasteiger charge is -2.61. The SMILES string of the molecule is COc1cc2c(cc1C(C)C)C1(c3cc(-c4c5ccccc5c(-c5ccccc5-c5ccccc5)c5ccccc45)ccc3-2)C2CC3CC(C2)CC1C3.C[Si](C)(C)c1ccc2c(c1)C1(c3cc(-c4c5ccccc5c(-c5ccccc5)c5ccccc45)ccc3-2)C2CC3CC(C2)CC1C3. The Morgan fingerprint density at radius 2 is 0.646 bits per heavy atom. The van der Waals surface area contributed by atoms with Crippen molar-refractivity contribution in [3.8, 4) is 83.6 Å². The summed E-state index contributed by atoms with van der Waals surface area (Å²) in [4.78, 5) is 0. The third kappa shape index (κ3) is 8.76. The van der Waals surface area contributed by atoms with Gasteiger partial charge in [0.15, 0.2) is 0 Å². The quantitative estimate of drug-likeness (QED) is 0.109. The summed E-state index contributed by atoms with van der Waals surface area (Å²) in [7, 11) is 0.392. The highest BCUT2D eigenvalue weighted by Gasteiger charge is 2.63. The highest BCUT2D eigenvalue weighted by atomic mass is 28.3. The number of rotatable bonds is 8. The van der Waals surface area contributed by atoms with Gasteiger partial charge in [0.2, 0.25) is 0 Å². The molecule has 2 heteroatoms. The largest absolute Gasteiger partial charge is 0.496 e. The summed E-state index contributed by atoms with van der Waals surface area (Å²) in [6.45, 7) is 12.2. The molecule has 0 saturated heterocycles. The van der Waals surface area contributed by atoms with Crippen LogP contribution in [0.5, 0.6) is 5.75 Å². The molecule has 13 aromatic rings. The minimum atomic E-state index is -1.46. The predicted octanol–water partition coefficient (Wildman–Crippen LogP) is 25.4. The Hall–Kier alpha value is -9.08. The van der Waals surface area contributed by atoms with Crippen molar-refractivity contribution < 1.29 is 4.74 Å². The fourth-order valence-electron chi connectivity index (χ4n) is 23.5. The van der Waals surface area contributed by atoms with E-state index in [-0.39, 0.29) is 10.8 Å². The number of methoxy groups -OCH3 is 1. The molecule has 10 aliphatic carbocycles. The molecule has 0 unspecified atom stereocenters. The topological polar surface area (TPSA) is 9.23 Å². The summed E-state index contributed by atoms with van der Waals surface area (Å²) in [5, 5.41) is 12.3. The van der Waals surface area contributed by atoms with Crippen molar-refractivity contribution in [2.45, 2.75) is 114 Å². The highest BCUT2D eigenvalue weighted by Crippen LogP contribution is 2.72. The lowest BCUT2D eigenvalue weighted by atomic mass is 9.43. The molecule has 10 aliphatic rings. The van der Waals surface area contributed by atoms with Gasteiger partial charge in [-0.1, -0.05) is 269 Å². The third-order valence-corrected chi connectivity index (χ3v) is 29.0. The molecule has 23 rings (SSSR count). The van der Waals surface area contributed by atoms with Gasteiger partial charge < -0.3 is 4.74 Å². The van der Waals surface area contributed by atoms with Crippen molar-refractivity contribution in [2.24, 2.45) is 47.3 Å². The molecule has 486 valence electrons. The van der Waals surface area contributed by atoms with Crippen molar-refractivity contribution in [3.63, 3.8) is 0 Å². The maximum absolute atomic E-state index is 6.11. The molecule has 1 nitrogen and oxygen atoms in total. The van der Waals surface area contributed by atoms with Gasteiger partial charge in [0.05, 0.1) is 15.2 Å². The van der Waals surface area contributed by atoms with E-state index in [4.69, 9.17) is 4.74 Å². The number of hydrogen-bond donors (Lipinski definition) is 0. The zero-order valence-corrected chi connectivity index (χ0v) is 59.3. The molecule has 0 aliphatic heterocycles. The maximum atomic E-state index is 6.11. The standard InChI is InChI=1S/C52H46O.C45H42Si/c1-31(2)45-29-48-46(30-49(45)53-3)39-22-21-35(28-47(39)52(48)36-24-32-23-33(26-36)27-37(52)25-32)50-41-17-9-11-19-43(41)51(44-20-12-10-18-42(44)50)40-16-8-7-15-38(40)34-13-5-4-6-14-34;1-46(2,3)34-18-20-36-35-19-17-31(26-41(35)45(42(36)27-34)32-22-28-21-29(24-32)25-33(45)23-28)44-39-15-9-7-13-37(39)43(30-11-5-4-6-12-30)38-14-8-10-16-40(38)44/h4-22,28-33,36-37H,23-27H2,1-3H3;4-20,26-29,32-33H,21-25H2,1-3H3. The molecule has 8 fully saturated rings. The highest BCUT2D eigenvalue weighted by molar-refractivity contribution is 6.88. The summed E-state index contributed by atoms with van der Waals surface area (Å²) >= 11 is 0. The van der Waals surface area contributed by atoms with E-state index in [0.29, 0.717) is 17.8 Å². The summed E-state index contributed by atoms with van der Waals surface area (Å²) in [5.41, 5.74) is 27.3. The van der Waals surface area contributed by atoms with E-state index in [1.807, 2.05) is 7.11 Å². The Bertz CT molecular complexity index is 5300. The average Bonchev–Trinajstić information content (AvgIpc) is 1.53. The van der Waals surface area contributed by atoms with Crippen LogP contribution >= 0.6 is 0 Å². The van der Waals surface area contributed by atoms with E-state index < -0.39 is 8.07 Å². The summed E-state index contributed by atoms with van der Waals surface area (Å²) in [6, 6.07) is 95.5. The van der Waals surface area contributed by atoms with Crippen molar-refractivity contribution in [2.75, 3.05) is 7.11 Å². The van der Waals surface area contributed by atoms with Gasteiger partial charge in [-0.25, -0.2) is 0 Å². The van der Waals surface area contributed by atoms with E-state index >= 15 is 0 Å². The Labute approximate surface area is 586 Å². The zero-order valence-electron chi connectivity index (χ0n) is 58.3. The van der Waals surface area contributed by atoms with Gasteiger partial charge in [0, 0.05) is 10.8 Å². The fraction of sp³-hybridized carbons (Fsp3) is 0.278. The number of fused-ring (bicyclic) bond motifs is 10. The molecule has 0 N–H and O–H groups in total. The Balaban J connectivity index is 0.000000135. The van der Waals surface area contributed by atoms with Crippen molar-refractivity contribution in [1.82, 2.24) is 0 Å². The van der Waals surface area contributed by atoms with Crippen LogP contribution in [0.3, 0.4) is 0 Å².